The highest BCUT2D eigenvalue weighted by Crippen LogP contribution is 2.17. The van der Waals surface area contributed by atoms with E-state index in [1.807, 2.05) is 48.9 Å². The predicted octanol–water partition coefficient (Wildman–Crippen LogP) is 1.73. The van der Waals surface area contributed by atoms with Crippen LogP contribution in [0.5, 0.6) is 0 Å². The Morgan fingerprint density at radius 1 is 1.25 bits per heavy atom. The van der Waals surface area contributed by atoms with E-state index < -0.39 is 0 Å². The van der Waals surface area contributed by atoms with Gasteiger partial charge >= 0.3 is 0 Å². The lowest BCUT2D eigenvalue weighted by Crippen LogP contribution is -2.37. The minimum atomic E-state index is -0.128. The number of carbonyl (C=O) groups is 2. The number of para-hydroxylation sites is 1. The van der Waals surface area contributed by atoms with Crippen molar-refractivity contribution in [1.82, 2.24) is 20.0 Å². The third-order valence-corrected chi connectivity index (χ3v) is 4.41. The molecule has 1 fully saturated rings. The van der Waals surface area contributed by atoms with Crippen molar-refractivity contribution in [2.45, 2.75) is 33.2 Å². The van der Waals surface area contributed by atoms with E-state index in [0.717, 1.165) is 29.1 Å². The largest absolute Gasteiger partial charge is 0.350 e. The molecule has 2 aromatic rings. The Balaban J connectivity index is 1.66. The summed E-state index contributed by atoms with van der Waals surface area (Å²) in [6, 6.07) is 9.91. The highest BCUT2D eigenvalue weighted by atomic mass is 16.2. The Labute approximate surface area is 141 Å². The Hall–Kier alpha value is -2.63. The first-order valence-electron chi connectivity index (χ1n) is 8.21. The van der Waals surface area contributed by atoms with Crippen LogP contribution in [0.25, 0.3) is 5.69 Å². The second kappa shape index (κ2) is 6.86. The number of amides is 2. The fraction of sp³-hybridized carbons (Fsp3) is 0.389. The molecular formula is C18H22N4O2. The van der Waals surface area contributed by atoms with Gasteiger partial charge in [-0.05, 0) is 32.4 Å². The normalized spacial score (nSPS) is 14.2. The van der Waals surface area contributed by atoms with Crippen molar-refractivity contribution < 1.29 is 9.59 Å². The van der Waals surface area contributed by atoms with E-state index in [-0.39, 0.29) is 18.4 Å². The molecule has 1 aliphatic rings. The number of benzene rings is 1. The highest BCUT2D eigenvalue weighted by Gasteiger charge is 2.22. The van der Waals surface area contributed by atoms with E-state index in [9.17, 15) is 9.59 Å². The maximum absolute atomic E-state index is 12.1. The van der Waals surface area contributed by atoms with Gasteiger partial charge in [-0.25, -0.2) is 4.68 Å². The third kappa shape index (κ3) is 3.32. The molecular weight excluding hydrogens is 304 g/mol. The van der Waals surface area contributed by atoms with Crippen LogP contribution in [-0.4, -0.2) is 39.6 Å². The first-order valence-corrected chi connectivity index (χ1v) is 8.21. The van der Waals surface area contributed by atoms with Crippen LogP contribution in [-0.2, 0) is 16.1 Å². The van der Waals surface area contributed by atoms with Gasteiger partial charge in [0.25, 0.3) is 0 Å². The monoisotopic (exact) mass is 326 g/mol. The summed E-state index contributed by atoms with van der Waals surface area (Å²) >= 11 is 0. The van der Waals surface area contributed by atoms with E-state index in [1.54, 1.807) is 4.90 Å². The number of carbonyl (C=O) groups excluding carboxylic acids is 2. The van der Waals surface area contributed by atoms with Crippen molar-refractivity contribution in [2.75, 3.05) is 13.1 Å². The van der Waals surface area contributed by atoms with Gasteiger partial charge in [-0.1, -0.05) is 18.2 Å². The number of hydrogen-bond donors (Lipinski definition) is 1. The van der Waals surface area contributed by atoms with Crippen LogP contribution in [0.15, 0.2) is 30.3 Å². The molecule has 1 aliphatic heterocycles. The van der Waals surface area contributed by atoms with E-state index in [0.29, 0.717) is 19.5 Å². The van der Waals surface area contributed by atoms with E-state index in [1.165, 1.54) is 0 Å². The number of rotatable bonds is 5. The fourth-order valence-electron chi connectivity index (χ4n) is 3.04. The lowest BCUT2D eigenvalue weighted by Gasteiger charge is -2.15. The Morgan fingerprint density at radius 3 is 2.67 bits per heavy atom. The van der Waals surface area contributed by atoms with Crippen molar-refractivity contribution in [3.8, 4) is 5.69 Å². The maximum atomic E-state index is 12.1. The van der Waals surface area contributed by atoms with Gasteiger partial charge in [0.1, 0.15) is 0 Å². The molecule has 3 rings (SSSR count). The molecule has 1 N–H and O–H groups in total. The SMILES string of the molecule is Cc1nn(-c2ccccc2)c(C)c1CNC(=O)CN1CCCC1=O. The fourth-order valence-corrected chi connectivity index (χ4v) is 3.04. The van der Waals surface area contributed by atoms with Crippen molar-refractivity contribution in [3.05, 3.63) is 47.3 Å². The summed E-state index contributed by atoms with van der Waals surface area (Å²) in [5, 5.41) is 7.48. The standard InChI is InChI=1S/C18H22N4O2/c1-13-16(11-19-17(23)12-21-10-6-9-18(21)24)14(2)22(20-13)15-7-4-3-5-8-15/h3-5,7-8H,6,9-12H2,1-2H3,(H,19,23). The molecule has 0 unspecified atom stereocenters. The Kier molecular flexibility index (Phi) is 4.64. The number of nitrogens with one attached hydrogen (secondary N) is 1. The van der Waals surface area contributed by atoms with Gasteiger partial charge in [-0.3, -0.25) is 9.59 Å². The van der Waals surface area contributed by atoms with Crippen molar-refractivity contribution in [3.63, 3.8) is 0 Å². The summed E-state index contributed by atoms with van der Waals surface area (Å²) in [5.41, 5.74) is 3.92. The number of aromatic nitrogens is 2. The average molecular weight is 326 g/mol. The van der Waals surface area contributed by atoms with Gasteiger partial charge in [0.05, 0.1) is 17.9 Å². The maximum Gasteiger partial charge on any atom is 0.239 e. The first kappa shape index (κ1) is 16.2. The number of nitrogens with zero attached hydrogens (tertiary/aromatic N) is 3. The molecule has 0 spiro atoms. The summed E-state index contributed by atoms with van der Waals surface area (Å²) < 4.78 is 1.89. The van der Waals surface area contributed by atoms with Gasteiger partial charge in [0.2, 0.25) is 11.8 Å². The van der Waals surface area contributed by atoms with Crippen molar-refractivity contribution in [2.24, 2.45) is 0 Å². The molecule has 6 heteroatoms. The zero-order chi connectivity index (χ0) is 17.1. The molecule has 0 bridgehead atoms. The first-order chi connectivity index (χ1) is 11.6. The molecule has 126 valence electrons. The smallest absolute Gasteiger partial charge is 0.239 e. The minimum Gasteiger partial charge on any atom is -0.350 e. The lowest BCUT2D eigenvalue weighted by atomic mass is 10.2. The van der Waals surface area contributed by atoms with Crippen molar-refractivity contribution >= 4 is 11.8 Å². The summed E-state index contributed by atoms with van der Waals surface area (Å²) in [4.78, 5) is 25.3. The van der Waals surface area contributed by atoms with Crippen LogP contribution in [0.3, 0.4) is 0 Å². The molecule has 24 heavy (non-hydrogen) atoms. The van der Waals surface area contributed by atoms with E-state index in [2.05, 4.69) is 10.4 Å². The molecule has 1 aromatic carbocycles. The Morgan fingerprint density at radius 2 is 2.00 bits per heavy atom. The number of aryl methyl sites for hydroxylation is 1. The second-order valence-corrected chi connectivity index (χ2v) is 6.09. The topological polar surface area (TPSA) is 67.2 Å². The van der Waals surface area contributed by atoms with E-state index >= 15 is 0 Å². The van der Waals surface area contributed by atoms with Crippen LogP contribution in [0.2, 0.25) is 0 Å². The van der Waals surface area contributed by atoms with Crippen LogP contribution in [0.4, 0.5) is 0 Å². The quantitative estimate of drug-likeness (QED) is 0.910. The molecule has 1 aromatic heterocycles. The molecule has 6 nitrogen and oxygen atoms in total. The molecule has 2 heterocycles. The molecule has 1 saturated heterocycles. The summed E-state index contributed by atoms with van der Waals surface area (Å²) in [6.45, 7) is 5.18. The van der Waals surface area contributed by atoms with Gasteiger partial charge in [-0.15, -0.1) is 0 Å². The average Bonchev–Trinajstić information content (AvgIpc) is 3.10. The van der Waals surface area contributed by atoms with Crippen LogP contribution < -0.4 is 5.32 Å². The van der Waals surface area contributed by atoms with Crippen LogP contribution in [0.1, 0.15) is 29.8 Å². The van der Waals surface area contributed by atoms with Gasteiger partial charge < -0.3 is 10.2 Å². The molecule has 0 saturated carbocycles. The van der Waals surface area contributed by atoms with Gasteiger partial charge in [0, 0.05) is 30.8 Å². The summed E-state index contributed by atoms with van der Waals surface area (Å²) in [5.74, 6) is -0.0640. The summed E-state index contributed by atoms with van der Waals surface area (Å²) in [7, 11) is 0. The van der Waals surface area contributed by atoms with Gasteiger partial charge in [-0.2, -0.15) is 5.10 Å². The molecule has 2 amide bonds. The van der Waals surface area contributed by atoms with Crippen molar-refractivity contribution in [1.29, 1.82) is 0 Å². The summed E-state index contributed by atoms with van der Waals surface area (Å²) in [6.07, 6.45) is 1.39. The second-order valence-electron chi connectivity index (χ2n) is 6.09. The number of hydrogen-bond acceptors (Lipinski definition) is 3. The van der Waals surface area contributed by atoms with Crippen LogP contribution in [0, 0.1) is 13.8 Å². The van der Waals surface area contributed by atoms with E-state index in [4.69, 9.17) is 0 Å². The zero-order valence-corrected chi connectivity index (χ0v) is 14.1. The third-order valence-electron chi connectivity index (χ3n) is 4.41. The Bertz CT molecular complexity index is 752. The van der Waals surface area contributed by atoms with Gasteiger partial charge in [0.15, 0.2) is 0 Å². The predicted molar refractivity (Wildman–Crippen MR) is 90.7 cm³/mol. The highest BCUT2D eigenvalue weighted by molar-refractivity contribution is 5.85. The molecule has 0 radical (unpaired) electrons. The molecule has 0 atom stereocenters. The number of likely N-dealkylation sites (tertiary alicyclic amines) is 1. The van der Waals surface area contributed by atoms with Crippen LogP contribution >= 0.6 is 0 Å². The zero-order valence-electron chi connectivity index (χ0n) is 14.1. The minimum absolute atomic E-state index is 0.0643. The lowest BCUT2D eigenvalue weighted by molar-refractivity contribution is -0.133. The molecule has 0 aliphatic carbocycles.